The predicted molar refractivity (Wildman–Crippen MR) is 74.4 cm³/mol. The zero-order chi connectivity index (χ0) is 13.7. The SMILES string of the molecule is Cc1ccnc(N)c1C(=O)C(C)CCCC(C)N. The molecule has 0 amide bonds. The molecule has 18 heavy (non-hydrogen) atoms. The van der Waals surface area contributed by atoms with Crippen molar-refractivity contribution in [1.82, 2.24) is 4.98 Å². The van der Waals surface area contributed by atoms with Crippen LogP contribution in [0.5, 0.6) is 0 Å². The molecule has 100 valence electrons. The van der Waals surface area contributed by atoms with Crippen LogP contribution in [0.2, 0.25) is 0 Å². The van der Waals surface area contributed by atoms with Gasteiger partial charge in [0.05, 0.1) is 5.56 Å². The molecule has 0 aliphatic rings. The summed E-state index contributed by atoms with van der Waals surface area (Å²) in [5.74, 6) is 0.385. The van der Waals surface area contributed by atoms with E-state index in [1.807, 2.05) is 26.8 Å². The Labute approximate surface area is 109 Å². The van der Waals surface area contributed by atoms with Crippen molar-refractivity contribution in [3.05, 3.63) is 23.4 Å². The third-order valence-corrected chi connectivity index (χ3v) is 3.18. The molecule has 1 aromatic heterocycles. The van der Waals surface area contributed by atoms with Crippen molar-refractivity contribution in [1.29, 1.82) is 0 Å². The zero-order valence-electron chi connectivity index (χ0n) is 11.4. The molecule has 0 saturated heterocycles. The minimum Gasteiger partial charge on any atom is -0.383 e. The van der Waals surface area contributed by atoms with E-state index in [0.717, 1.165) is 24.8 Å². The van der Waals surface area contributed by atoms with Crippen LogP contribution in [-0.4, -0.2) is 16.8 Å². The number of carbonyl (C=O) groups excluding carboxylic acids is 1. The van der Waals surface area contributed by atoms with Gasteiger partial charge in [-0.2, -0.15) is 0 Å². The number of Topliss-reactive ketones (excluding diaryl/α,β-unsaturated/α-hetero) is 1. The zero-order valence-corrected chi connectivity index (χ0v) is 11.4. The van der Waals surface area contributed by atoms with Gasteiger partial charge in [0.25, 0.3) is 0 Å². The average molecular weight is 249 g/mol. The monoisotopic (exact) mass is 249 g/mol. The molecule has 0 saturated carbocycles. The number of ketones is 1. The van der Waals surface area contributed by atoms with E-state index in [1.165, 1.54) is 0 Å². The van der Waals surface area contributed by atoms with Crippen LogP contribution in [-0.2, 0) is 0 Å². The summed E-state index contributed by atoms with van der Waals surface area (Å²) < 4.78 is 0. The van der Waals surface area contributed by atoms with Crippen LogP contribution in [0.15, 0.2) is 12.3 Å². The van der Waals surface area contributed by atoms with Crippen LogP contribution in [0, 0.1) is 12.8 Å². The highest BCUT2D eigenvalue weighted by molar-refractivity contribution is 6.02. The van der Waals surface area contributed by atoms with Gasteiger partial charge in [-0.25, -0.2) is 4.98 Å². The average Bonchev–Trinajstić information content (AvgIpc) is 2.27. The molecule has 0 aliphatic heterocycles. The Bertz CT molecular complexity index is 395. The lowest BCUT2D eigenvalue weighted by Gasteiger charge is -2.14. The number of aryl methyl sites for hydroxylation is 1. The lowest BCUT2D eigenvalue weighted by Crippen LogP contribution is -2.18. The van der Waals surface area contributed by atoms with Crippen molar-refractivity contribution in [2.45, 2.75) is 46.1 Å². The summed E-state index contributed by atoms with van der Waals surface area (Å²) in [7, 11) is 0. The molecule has 4 N–H and O–H groups in total. The van der Waals surface area contributed by atoms with Gasteiger partial charge in [0.2, 0.25) is 0 Å². The molecule has 1 rings (SSSR count). The van der Waals surface area contributed by atoms with Gasteiger partial charge in [-0.05, 0) is 38.3 Å². The van der Waals surface area contributed by atoms with Gasteiger partial charge < -0.3 is 11.5 Å². The van der Waals surface area contributed by atoms with Crippen molar-refractivity contribution >= 4 is 11.6 Å². The second kappa shape index (κ2) is 6.50. The van der Waals surface area contributed by atoms with E-state index >= 15 is 0 Å². The molecule has 2 unspecified atom stereocenters. The predicted octanol–water partition coefficient (Wildman–Crippen LogP) is 2.31. The second-order valence-electron chi connectivity index (χ2n) is 5.06. The highest BCUT2D eigenvalue weighted by Crippen LogP contribution is 2.21. The standard InChI is InChI=1S/C14H23N3O/c1-9-7-8-17-14(16)12(9)13(18)10(2)5-4-6-11(3)15/h7-8,10-11H,4-6,15H2,1-3H3,(H2,16,17). The number of hydrogen-bond acceptors (Lipinski definition) is 4. The summed E-state index contributed by atoms with van der Waals surface area (Å²) >= 11 is 0. The van der Waals surface area contributed by atoms with Crippen LogP contribution in [0.4, 0.5) is 5.82 Å². The van der Waals surface area contributed by atoms with E-state index in [9.17, 15) is 4.79 Å². The van der Waals surface area contributed by atoms with E-state index in [2.05, 4.69) is 4.98 Å². The van der Waals surface area contributed by atoms with Crippen LogP contribution in [0.25, 0.3) is 0 Å². The molecule has 0 bridgehead atoms. The van der Waals surface area contributed by atoms with Crippen molar-refractivity contribution in [3.63, 3.8) is 0 Å². The van der Waals surface area contributed by atoms with Crippen LogP contribution >= 0.6 is 0 Å². The van der Waals surface area contributed by atoms with Crippen molar-refractivity contribution in [2.24, 2.45) is 11.7 Å². The lowest BCUT2D eigenvalue weighted by atomic mass is 9.92. The Morgan fingerprint density at radius 2 is 2.06 bits per heavy atom. The molecule has 1 heterocycles. The minimum absolute atomic E-state index is 0.0334. The van der Waals surface area contributed by atoms with Gasteiger partial charge in [0.1, 0.15) is 5.82 Å². The molecule has 0 spiro atoms. The number of rotatable bonds is 6. The fraction of sp³-hybridized carbons (Fsp3) is 0.571. The molecule has 0 fully saturated rings. The molecule has 2 atom stereocenters. The smallest absolute Gasteiger partial charge is 0.169 e. The normalized spacial score (nSPS) is 14.2. The third-order valence-electron chi connectivity index (χ3n) is 3.18. The first-order valence-corrected chi connectivity index (χ1v) is 6.44. The van der Waals surface area contributed by atoms with E-state index in [1.54, 1.807) is 6.20 Å². The summed E-state index contributed by atoms with van der Waals surface area (Å²) in [6.45, 7) is 5.81. The first kappa shape index (κ1) is 14.6. The summed E-state index contributed by atoms with van der Waals surface area (Å²) in [5.41, 5.74) is 13.0. The quantitative estimate of drug-likeness (QED) is 0.758. The molecule has 4 heteroatoms. The highest BCUT2D eigenvalue weighted by atomic mass is 16.1. The number of anilines is 1. The maximum atomic E-state index is 12.3. The van der Waals surface area contributed by atoms with Gasteiger partial charge in [0, 0.05) is 18.2 Å². The summed E-state index contributed by atoms with van der Waals surface area (Å²) in [4.78, 5) is 16.3. The molecular formula is C14H23N3O. The molecule has 1 aromatic rings. The minimum atomic E-state index is -0.0334. The first-order valence-electron chi connectivity index (χ1n) is 6.44. The summed E-state index contributed by atoms with van der Waals surface area (Å²) in [6, 6.07) is 2.01. The lowest BCUT2D eigenvalue weighted by molar-refractivity contribution is 0.0922. The van der Waals surface area contributed by atoms with Crippen molar-refractivity contribution in [2.75, 3.05) is 5.73 Å². The van der Waals surface area contributed by atoms with Crippen LogP contribution in [0.3, 0.4) is 0 Å². The third kappa shape index (κ3) is 3.81. The molecule has 0 aliphatic carbocycles. The number of aromatic nitrogens is 1. The number of carbonyl (C=O) groups is 1. The second-order valence-corrected chi connectivity index (χ2v) is 5.06. The topological polar surface area (TPSA) is 82.0 Å². The number of hydrogen-bond donors (Lipinski definition) is 2. The van der Waals surface area contributed by atoms with Gasteiger partial charge in [0.15, 0.2) is 5.78 Å². The van der Waals surface area contributed by atoms with Crippen molar-refractivity contribution in [3.8, 4) is 0 Å². The van der Waals surface area contributed by atoms with E-state index < -0.39 is 0 Å². The molecule has 0 aromatic carbocycles. The Morgan fingerprint density at radius 1 is 1.39 bits per heavy atom. The maximum absolute atomic E-state index is 12.3. The Kier molecular flexibility index (Phi) is 5.28. The summed E-state index contributed by atoms with van der Waals surface area (Å²) in [5, 5.41) is 0. The van der Waals surface area contributed by atoms with E-state index in [-0.39, 0.29) is 17.7 Å². The Morgan fingerprint density at radius 3 is 2.61 bits per heavy atom. The Balaban J connectivity index is 2.69. The van der Waals surface area contributed by atoms with E-state index in [0.29, 0.717) is 11.4 Å². The van der Waals surface area contributed by atoms with Gasteiger partial charge >= 0.3 is 0 Å². The summed E-state index contributed by atoms with van der Waals surface area (Å²) in [6.07, 6.45) is 4.37. The van der Waals surface area contributed by atoms with Crippen LogP contribution < -0.4 is 11.5 Å². The maximum Gasteiger partial charge on any atom is 0.169 e. The number of nitrogen functional groups attached to an aromatic ring is 1. The molecule has 4 nitrogen and oxygen atoms in total. The molecule has 0 radical (unpaired) electrons. The number of pyridine rings is 1. The Hall–Kier alpha value is -1.42. The molecular weight excluding hydrogens is 226 g/mol. The highest BCUT2D eigenvalue weighted by Gasteiger charge is 2.19. The van der Waals surface area contributed by atoms with Gasteiger partial charge in [-0.1, -0.05) is 13.3 Å². The first-order chi connectivity index (χ1) is 8.43. The van der Waals surface area contributed by atoms with Gasteiger partial charge in [-0.3, -0.25) is 4.79 Å². The van der Waals surface area contributed by atoms with Crippen LogP contribution in [0.1, 0.15) is 49.0 Å². The fourth-order valence-electron chi connectivity index (χ4n) is 2.02. The largest absolute Gasteiger partial charge is 0.383 e. The van der Waals surface area contributed by atoms with Gasteiger partial charge in [-0.15, -0.1) is 0 Å². The fourth-order valence-corrected chi connectivity index (χ4v) is 2.02. The number of nitrogens with two attached hydrogens (primary N) is 2. The number of nitrogens with zero attached hydrogens (tertiary/aromatic N) is 1. The van der Waals surface area contributed by atoms with Crippen molar-refractivity contribution < 1.29 is 4.79 Å². The van der Waals surface area contributed by atoms with E-state index in [4.69, 9.17) is 11.5 Å².